The predicted octanol–water partition coefficient (Wildman–Crippen LogP) is 1.79. The van der Waals surface area contributed by atoms with Crippen molar-refractivity contribution in [3.63, 3.8) is 0 Å². The molecular weight excluding hydrogens is 371 g/mol. The summed E-state index contributed by atoms with van der Waals surface area (Å²) in [6.45, 7) is 10.2. The normalized spacial score (nSPS) is 21.6. The highest BCUT2D eigenvalue weighted by Gasteiger charge is 2.28. The van der Waals surface area contributed by atoms with Crippen LogP contribution in [0.4, 0.5) is 10.2 Å². The predicted molar refractivity (Wildman–Crippen MR) is 108 cm³/mol. The lowest BCUT2D eigenvalue weighted by Crippen LogP contribution is -3.16. The van der Waals surface area contributed by atoms with Crippen molar-refractivity contribution in [2.45, 2.75) is 46.4 Å². The number of halogens is 1. The first kappa shape index (κ1) is 21.0. The Kier molecular flexibility index (Phi) is 6.36. The van der Waals surface area contributed by atoms with Crippen LogP contribution in [0.25, 0.3) is 0 Å². The summed E-state index contributed by atoms with van der Waals surface area (Å²) in [6, 6.07) is 8.46. The van der Waals surface area contributed by atoms with Gasteiger partial charge in [-0.25, -0.2) is 4.39 Å². The van der Waals surface area contributed by atoms with Crippen LogP contribution in [0, 0.1) is 31.0 Å². The Morgan fingerprint density at radius 1 is 1.28 bits per heavy atom. The number of carbonyl (C=O) groups is 1. The lowest BCUT2D eigenvalue weighted by molar-refractivity contribution is -0.907. The van der Waals surface area contributed by atoms with Crippen LogP contribution in [0.15, 0.2) is 24.3 Å². The summed E-state index contributed by atoms with van der Waals surface area (Å²) in [7, 11) is 0. The molecule has 6 nitrogen and oxygen atoms in total. The Hall–Kier alpha value is -2.69. The smallest absolute Gasteiger partial charge is 0.280 e. The molecule has 0 unspecified atom stereocenters. The van der Waals surface area contributed by atoms with Crippen LogP contribution in [-0.4, -0.2) is 42.3 Å². The van der Waals surface area contributed by atoms with Crippen molar-refractivity contribution < 1.29 is 18.8 Å². The number of nitriles is 1. The lowest BCUT2D eigenvalue weighted by Gasteiger charge is -2.31. The largest absolute Gasteiger partial charge is 0.364 e. The molecule has 2 heterocycles. The van der Waals surface area contributed by atoms with Crippen LogP contribution in [-0.2, 0) is 16.1 Å². The molecule has 0 spiro atoms. The first-order valence-electron chi connectivity index (χ1n) is 9.91. The average molecular weight is 399 g/mol. The molecule has 2 N–H and O–H groups in total. The van der Waals surface area contributed by atoms with E-state index in [0.717, 1.165) is 34.8 Å². The van der Waals surface area contributed by atoms with Crippen LogP contribution in [0.1, 0.15) is 36.2 Å². The molecule has 1 aromatic heterocycles. The van der Waals surface area contributed by atoms with Crippen molar-refractivity contribution in [2.75, 3.05) is 25.0 Å². The zero-order valence-electron chi connectivity index (χ0n) is 17.4. The van der Waals surface area contributed by atoms with Gasteiger partial charge in [0.2, 0.25) is 0 Å². The van der Waals surface area contributed by atoms with Crippen LogP contribution < -0.4 is 10.2 Å². The maximum Gasteiger partial charge on any atom is 0.280 e. The van der Waals surface area contributed by atoms with E-state index in [9.17, 15) is 14.4 Å². The van der Waals surface area contributed by atoms with Gasteiger partial charge in [-0.3, -0.25) is 4.79 Å². The molecule has 3 rings (SSSR count). The Balaban J connectivity index is 1.82. The van der Waals surface area contributed by atoms with Gasteiger partial charge in [0, 0.05) is 12.2 Å². The van der Waals surface area contributed by atoms with Gasteiger partial charge < -0.3 is 19.5 Å². The van der Waals surface area contributed by atoms with E-state index in [1.54, 1.807) is 12.1 Å². The Bertz CT molecular complexity index is 920. The first-order chi connectivity index (χ1) is 13.8. The lowest BCUT2D eigenvalue weighted by atomic mass is 10.2. The molecule has 2 aromatic rings. The Labute approximate surface area is 170 Å². The van der Waals surface area contributed by atoms with E-state index in [0.29, 0.717) is 24.5 Å². The zero-order chi connectivity index (χ0) is 21.1. The fraction of sp³-hybridized carbons (Fsp3) is 0.455. The number of amides is 1. The van der Waals surface area contributed by atoms with Gasteiger partial charge in [-0.1, -0.05) is 12.1 Å². The maximum atomic E-state index is 13.2. The third-order valence-electron chi connectivity index (χ3n) is 5.48. The molecular formula is C22H28FN4O2+. The highest BCUT2D eigenvalue weighted by atomic mass is 19.1. The zero-order valence-corrected chi connectivity index (χ0v) is 17.4. The van der Waals surface area contributed by atoms with Gasteiger partial charge >= 0.3 is 0 Å². The topological polar surface area (TPSA) is 71.5 Å². The second-order valence-electron chi connectivity index (χ2n) is 7.90. The molecule has 0 aliphatic carbocycles. The van der Waals surface area contributed by atoms with Gasteiger partial charge in [-0.2, -0.15) is 5.26 Å². The number of rotatable bonds is 5. The number of nitrogens with zero attached hydrogens (tertiary/aromatic N) is 2. The molecule has 7 heteroatoms. The van der Waals surface area contributed by atoms with E-state index in [1.807, 2.05) is 32.3 Å². The fourth-order valence-electron chi connectivity index (χ4n) is 4.04. The minimum Gasteiger partial charge on any atom is -0.364 e. The molecule has 0 bridgehead atoms. The van der Waals surface area contributed by atoms with Crippen molar-refractivity contribution in [3.05, 3.63) is 52.5 Å². The molecule has 1 amide bonds. The summed E-state index contributed by atoms with van der Waals surface area (Å²) in [5, 5.41) is 12.6. The van der Waals surface area contributed by atoms with Crippen molar-refractivity contribution >= 4 is 11.7 Å². The molecule has 1 saturated heterocycles. The van der Waals surface area contributed by atoms with Crippen molar-refractivity contribution in [2.24, 2.45) is 0 Å². The van der Waals surface area contributed by atoms with E-state index in [4.69, 9.17) is 4.74 Å². The summed E-state index contributed by atoms with van der Waals surface area (Å²) >= 11 is 0. The van der Waals surface area contributed by atoms with Gasteiger partial charge in [0.25, 0.3) is 5.91 Å². The summed E-state index contributed by atoms with van der Waals surface area (Å²) < 4.78 is 20.9. The fourth-order valence-corrected chi connectivity index (χ4v) is 4.04. The van der Waals surface area contributed by atoms with Gasteiger partial charge in [0.15, 0.2) is 6.54 Å². The minimum absolute atomic E-state index is 0.114. The molecule has 1 aromatic carbocycles. The number of aromatic nitrogens is 1. The van der Waals surface area contributed by atoms with Crippen molar-refractivity contribution in [1.82, 2.24) is 4.57 Å². The van der Waals surface area contributed by atoms with Crippen LogP contribution >= 0.6 is 0 Å². The summed E-state index contributed by atoms with van der Waals surface area (Å²) in [5.41, 5.74) is 3.11. The molecule has 1 aliphatic rings. The number of nitrogens with one attached hydrogen (secondary N) is 2. The summed E-state index contributed by atoms with van der Waals surface area (Å²) in [4.78, 5) is 14.0. The number of benzene rings is 1. The molecule has 154 valence electrons. The number of hydrogen-bond donors (Lipinski definition) is 2. The minimum atomic E-state index is -0.294. The molecule has 29 heavy (non-hydrogen) atoms. The van der Waals surface area contributed by atoms with E-state index in [1.165, 1.54) is 12.1 Å². The Morgan fingerprint density at radius 3 is 2.48 bits per heavy atom. The third-order valence-corrected chi connectivity index (χ3v) is 5.48. The molecule has 0 radical (unpaired) electrons. The molecule has 2 atom stereocenters. The second kappa shape index (κ2) is 8.76. The highest BCUT2D eigenvalue weighted by molar-refractivity contribution is 5.92. The van der Waals surface area contributed by atoms with E-state index in [2.05, 4.69) is 11.4 Å². The van der Waals surface area contributed by atoms with Gasteiger partial charge in [0.1, 0.15) is 43.0 Å². The number of quaternary nitrogens is 1. The number of morpholine rings is 1. The standard InChI is InChI=1S/C22H27FN4O2/c1-14-10-26(11-15(2)29-14)13-21(28)25-22-20(9-24)16(3)17(4)27(22)12-18-5-7-19(23)8-6-18/h5-8,14-15H,10-13H2,1-4H3,(H,25,28)/p+1/t14-,15-/m0/s1. The molecule has 1 fully saturated rings. The van der Waals surface area contributed by atoms with Gasteiger partial charge in [-0.05, 0) is 51.0 Å². The number of anilines is 1. The quantitative estimate of drug-likeness (QED) is 0.805. The van der Waals surface area contributed by atoms with Crippen LogP contribution in [0.5, 0.6) is 0 Å². The third kappa shape index (κ3) is 4.84. The number of hydrogen-bond acceptors (Lipinski definition) is 3. The molecule has 1 aliphatic heterocycles. The van der Waals surface area contributed by atoms with E-state index < -0.39 is 0 Å². The monoisotopic (exact) mass is 399 g/mol. The Morgan fingerprint density at radius 2 is 1.90 bits per heavy atom. The summed E-state index contributed by atoms with van der Waals surface area (Å²) in [5.74, 6) is 0.0820. The molecule has 0 saturated carbocycles. The highest BCUT2D eigenvalue weighted by Crippen LogP contribution is 2.27. The van der Waals surface area contributed by atoms with Gasteiger partial charge in [-0.15, -0.1) is 0 Å². The number of ether oxygens (including phenoxy) is 1. The SMILES string of the molecule is Cc1c(C#N)c(NC(=O)C[NH+]2C[C@H](C)O[C@@H](C)C2)n(Cc2ccc(F)cc2)c1C. The maximum absolute atomic E-state index is 13.2. The van der Waals surface area contributed by atoms with E-state index >= 15 is 0 Å². The van der Waals surface area contributed by atoms with Crippen molar-refractivity contribution in [1.29, 1.82) is 5.26 Å². The van der Waals surface area contributed by atoms with E-state index in [-0.39, 0.29) is 23.9 Å². The number of carbonyl (C=O) groups excluding carboxylic acids is 1. The van der Waals surface area contributed by atoms with Crippen LogP contribution in [0.2, 0.25) is 0 Å². The summed E-state index contributed by atoms with van der Waals surface area (Å²) in [6.07, 6.45) is 0.228. The van der Waals surface area contributed by atoms with Crippen LogP contribution in [0.3, 0.4) is 0 Å². The second-order valence-corrected chi connectivity index (χ2v) is 7.90. The first-order valence-corrected chi connectivity index (χ1v) is 9.91. The average Bonchev–Trinajstić information content (AvgIpc) is 2.86. The van der Waals surface area contributed by atoms with Gasteiger partial charge in [0.05, 0.1) is 5.56 Å². The van der Waals surface area contributed by atoms with Crippen molar-refractivity contribution in [3.8, 4) is 6.07 Å².